The maximum atomic E-state index is 6.51. The third-order valence-corrected chi connectivity index (χ3v) is 3.04. The fourth-order valence-corrected chi connectivity index (χ4v) is 0.765. The van der Waals surface area contributed by atoms with Gasteiger partial charge >= 0.3 is 0 Å². The van der Waals surface area contributed by atoms with Gasteiger partial charge in [-0.1, -0.05) is 0 Å². The van der Waals surface area contributed by atoms with Gasteiger partial charge in [-0.2, -0.15) is 0 Å². The van der Waals surface area contributed by atoms with E-state index in [4.69, 9.17) is 33.9 Å². The Bertz CT molecular complexity index is 377. The van der Waals surface area contributed by atoms with Crippen molar-refractivity contribution in [1.29, 1.82) is 0 Å². The van der Waals surface area contributed by atoms with Gasteiger partial charge < -0.3 is 28.7 Å². The Hall–Kier alpha value is -1.13. The normalized spacial score (nSPS) is 10.3. The summed E-state index contributed by atoms with van der Waals surface area (Å²) in [5.74, 6) is 0. The monoisotopic (exact) mass is 402 g/mol. The number of rotatable bonds is 6. The molecule has 0 aromatic carbocycles. The van der Waals surface area contributed by atoms with Gasteiger partial charge in [-0.05, 0) is 41.5 Å². The van der Waals surface area contributed by atoms with E-state index in [1.807, 2.05) is 41.5 Å². The quantitative estimate of drug-likeness (QED) is 0.498. The zero-order chi connectivity index (χ0) is 19.9. The molecule has 0 fully saturated rings. The first kappa shape index (κ1) is 31.6. The molecule has 149 valence electrons. The summed E-state index contributed by atoms with van der Waals surface area (Å²) in [6.07, 6.45) is 0. The second-order valence-corrected chi connectivity index (χ2v) is 6.84. The van der Waals surface area contributed by atoms with Crippen molar-refractivity contribution < 1.29 is 31.3 Å². The molecule has 0 N–H and O–H groups in total. The molecule has 0 aliphatic rings. The fourth-order valence-electron chi connectivity index (χ4n) is 0.765. The van der Waals surface area contributed by atoms with E-state index >= 15 is 0 Å². The van der Waals surface area contributed by atoms with E-state index in [2.05, 4.69) is 14.5 Å². The molecule has 1 radical (unpaired) electrons. The molecule has 25 heavy (non-hydrogen) atoms. The summed E-state index contributed by atoms with van der Waals surface area (Å²) in [4.78, 5) is 9.61. The molecule has 0 unspecified atom stereocenters. The number of hydrogen-bond acceptors (Lipinski definition) is 3. The number of nitrogens with zero attached hydrogens (tertiary/aromatic N) is 3. The van der Waals surface area contributed by atoms with Gasteiger partial charge in [-0.3, -0.25) is 0 Å². The molecule has 7 heteroatoms. The molecule has 6 nitrogen and oxygen atoms in total. The first-order valence-electron chi connectivity index (χ1n) is 7.52. The minimum atomic E-state index is -0.262. The number of ether oxygens (including phenoxy) is 3. The molecule has 0 aromatic heterocycles. The van der Waals surface area contributed by atoms with E-state index in [1.54, 1.807) is 21.3 Å². The molecular weight excluding hydrogens is 370 g/mol. The van der Waals surface area contributed by atoms with Crippen molar-refractivity contribution in [1.82, 2.24) is 0 Å². The SMILES string of the molecule is [C-]#[N+]CC(C)(C)OC.[C-]#[N+]CC(C)(C)OC.[C-]#[N+]CC(C)(C)OC.[Cu]. The summed E-state index contributed by atoms with van der Waals surface area (Å²) in [5.41, 5.74) is -0.786. The molecule has 0 aliphatic carbocycles. The van der Waals surface area contributed by atoms with Crippen molar-refractivity contribution in [2.24, 2.45) is 0 Å². The predicted octanol–water partition coefficient (Wildman–Crippen LogP) is 3.99. The third-order valence-electron chi connectivity index (χ3n) is 3.04. The van der Waals surface area contributed by atoms with E-state index in [9.17, 15) is 0 Å². The van der Waals surface area contributed by atoms with Crippen LogP contribution in [-0.2, 0) is 31.3 Å². The van der Waals surface area contributed by atoms with Gasteiger partial charge in [0.1, 0.15) is 16.8 Å². The van der Waals surface area contributed by atoms with Crippen LogP contribution in [0.3, 0.4) is 0 Å². The van der Waals surface area contributed by atoms with E-state index in [-0.39, 0.29) is 33.9 Å². The van der Waals surface area contributed by atoms with E-state index in [0.717, 1.165) is 0 Å². The fraction of sp³-hybridized carbons (Fsp3) is 0.833. The molecule has 0 aromatic rings. The van der Waals surface area contributed by atoms with Gasteiger partial charge in [0.2, 0.25) is 19.6 Å². The molecule has 0 heterocycles. The van der Waals surface area contributed by atoms with Crippen molar-refractivity contribution in [3.8, 4) is 0 Å². The summed E-state index contributed by atoms with van der Waals surface area (Å²) >= 11 is 0. The van der Waals surface area contributed by atoms with Crippen LogP contribution < -0.4 is 0 Å². The standard InChI is InChI=1S/3C6H11NO.Cu/c3*1-6(2,8-4)5-7-3;/h3*5H2,1-2,4H3;. The Morgan fingerprint density at radius 3 is 0.760 bits per heavy atom. The van der Waals surface area contributed by atoms with Crippen LogP contribution in [-0.4, -0.2) is 57.8 Å². The summed E-state index contributed by atoms with van der Waals surface area (Å²) in [7, 11) is 4.85. The van der Waals surface area contributed by atoms with E-state index in [0.29, 0.717) is 19.6 Å². The largest absolute Gasteiger partial charge is 0.371 e. The maximum Gasteiger partial charge on any atom is 0.242 e. The second kappa shape index (κ2) is 16.3. The minimum absolute atomic E-state index is 0. The van der Waals surface area contributed by atoms with Crippen LogP contribution in [0.4, 0.5) is 0 Å². The van der Waals surface area contributed by atoms with Crippen LogP contribution in [0.15, 0.2) is 0 Å². The van der Waals surface area contributed by atoms with Crippen LogP contribution >= 0.6 is 0 Å². The topological polar surface area (TPSA) is 40.8 Å². The van der Waals surface area contributed by atoms with Crippen molar-refractivity contribution in [3.63, 3.8) is 0 Å². The van der Waals surface area contributed by atoms with Crippen LogP contribution in [0.1, 0.15) is 41.5 Å². The molecule has 0 saturated carbocycles. The van der Waals surface area contributed by atoms with E-state index < -0.39 is 0 Å². The number of hydrogen-bond donors (Lipinski definition) is 0. The average Bonchev–Trinajstić information content (AvgIpc) is 2.48. The van der Waals surface area contributed by atoms with Gasteiger partial charge in [0.25, 0.3) is 0 Å². The minimum Gasteiger partial charge on any atom is -0.371 e. The van der Waals surface area contributed by atoms with Crippen LogP contribution in [0.25, 0.3) is 14.5 Å². The smallest absolute Gasteiger partial charge is 0.242 e. The molecule has 0 amide bonds. The zero-order valence-corrected chi connectivity index (χ0v) is 17.9. The molecule has 0 bridgehead atoms. The van der Waals surface area contributed by atoms with Crippen molar-refractivity contribution in [2.45, 2.75) is 58.3 Å². The Kier molecular flexibility index (Phi) is 20.7. The van der Waals surface area contributed by atoms with Crippen LogP contribution in [0.5, 0.6) is 0 Å². The molecule has 0 atom stereocenters. The maximum absolute atomic E-state index is 6.51. The van der Waals surface area contributed by atoms with Gasteiger partial charge in [0.15, 0.2) is 0 Å². The molecule has 0 saturated heterocycles. The first-order valence-corrected chi connectivity index (χ1v) is 7.52. The second-order valence-electron chi connectivity index (χ2n) is 6.84. The Balaban J connectivity index is -0.000000130. The van der Waals surface area contributed by atoms with Gasteiger partial charge in [-0.25, -0.2) is 19.7 Å². The summed E-state index contributed by atoms with van der Waals surface area (Å²) in [5, 5.41) is 0. The summed E-state index contributed by atoms with van der Waals surface area (Å²) in [6.45, 7) is 32.2. The molecule has 0 aliphatic heterocycles. The Labute approximate surface area is 165 Å². The Morgan fingerprint density at radius 2 is 0.720 bits per heavy atom. The number of methoxy groups -OCH3 is 3. The summed E-state index contributed by atoms with van der Waals surface area (Å²) < 4.78 is 14.9. The average molecular weight is 403 g/mol. The summed E-state index contributed by atoms with van der Waals surface area (Å²) in [6, 6.07) is 0. The molecular formula is C18H33CuN3O3. The van der Waals surface area contributed by atoms with Crippen molar-refractivity contribution in [2.75, 3.05) is 41.0 Å². The first-order chi connectivity index (χ1) is 10.9. The molecule has 0 spiro atoms. The Morgan fingerprint density at radius 1 is 0.560 bits per heavy atom. The predicted molar refractivity (Wildman–Crippen MR) is 97.7 cm³/mol. The third kappa shape index (κ3) is 25.2. The van der Waals surface area contributed by atoms with Crippen LogP contribution in [0, 0.1) is 19.7 Å². The zero-order valence-electron chi connectivity index (χ0n) is 17.0. The van der Waals surface area contributed by atoms with Gasteiger partial charge in [0, 0.05) is 38.4 Å². The van der Waals surface area contributed by atoms with E-state index in [1.165, 1.54) is 0 Å². The van der Waals surface area contributed by atoms with Crippen molar-refractivity contribution in [3.05, 3.63) is 34.3 Å². The van der Waals surface area contributed by atoms with Gasteiger partial charge in [0.05, 0.1) is 0 Å². The van der Waals surface area contributed by atoms with Gasteiger partial charge in [-0.15, -0.1) is 0 Å². The molecule has 0 rings (SSSR count). The van der Waals surface area contributed by atoms with Crippen molar-refractivity contribution >= 4 is 0 Å². The van der Waals surface area contributed by atoms with Crippen LogP contribution in [0.2, 0.25) is 0 Å².